The number of amides is 2. The normalized spacial score (nSPS) is 28.5. The fraction of sp³-hybridized carbons (Fsp3) is 0.611. The van der Waals surface area contributed by atoms with Crippen molar-refractivity contribution >= 4 is 17.8 Å². The smallest absolute Gasteiger partial charge is 0.314 e. The molecule has 1 aromatic rings. The van der Waals surface area contributed by atoms with Crippen molar-refractivity contribution < 1.29 is 19.5 Å². The molecule has 1 aromatic heterocycles. The lowest BCUT2D eigenvalue weighted by Gasteiger charge is -2.25. The van der Waals surface area contributed by atoms with Crippen molar-refractivity contribution in [3.8, 4) is 0 Å². The predicted molar refractivity (Wildman–Crippen MR) is 88.6 cm³/mol. The molecular formula is C18H23N3O4. The van der Waals surface area contributed by atoms with Gasteiger partial charge < -0.3 is 19.5 Å². The van der Waals surface area contributed by atoms with Gasteiger partial charge in [0, 0.05) is 45.6 Å². The highest BCUT2D eigenvalue weighted by molar-refractivity contribution is 5.94. The third-order valence-corrected chi connectivity index (χ3v) is 5.83. The molecule has 1 saturated carbocycles. The van der Waals surface area contributed by atoms with Crippen LogP contribution in [0.5, 0.6) is 0 Å². The van der Waals surface area contributed by atoms with Crippen LogP contribution in [-0.4, -0.2) is 63.4 Å². The van der Waals surface area contributed by atoms with Gasteiger partial charge in [0.15, 0.2) is 0 Å². The van der Waals surface area contributed by atoms with Crippen LogP contribution in [0, 0.1) is 17.3 Å². The first-order valence-electron chi connectivity index (χ1n) is 8.80. The van der Waals surface area contributed by atoms with Gasteiger partial charge in [-0.2, -0.15) is 0 Å². The van der Waals surface area contributed by atoms with Gasteiger partial charge in [-0.15, -0.1) is 0 Å². The van der Waals surface area contributed by atoms with Crippen LogP contribution in [0.15, 0.2) is 18.5 Å². The Labute approximate surface area is 146 Å². The van der Waals surface area contributed by atoms with E-state index >= 15 is 0 Å². The van der Waals surface area contributed by atoms with Gasteiger partial charge in [-0.05, 0) is 30.4 Å². The summed E-state index contributed by atoms with van der Waals surface area (Å²) in [6, 6.07) is 1.88. The second kappa shape index (κ2) is 5.61. The second-order valence-corrected chi connectivity index (χ2v) is 7.81. The molecular weight excluding hydrogens is 322 g/mol. The summed E-state index contributed by atoms with van der Waals surface area (Å²) in [5, 5.41) is 9.83. The standard InChI is InChI=1S/C18H23N3O4/c1-19-5-4-13(7-19)6-15(22)20-9-14-16(23)21(8-12-2-3-12)11-18(14,10-20)17(24)25/h4-5,7,12,14H,2-3,6,8-11H2,1H3,(H,24,25)/t14-,18-/m0/s1. The Kier molecular flexibility index (Phi) is 3.63. The number of carboxylic acid groups (broad SMARTS) is 1. The molecule has 0 bridgehead atoms. The molecule has 4 rings (SSSR count). The zero-order chi connectivity index (χ0) is 17.8. The predicted octanol–water partition coefficient (Wildman–Crippen LogP) is 0.349. The van der Waals surface area contributed by atoms with Crippen molar-refractivity contribution in [2.24, 2.45) is 24.3 Å². The van der Waals surface area contributed by atoms with Crippen LogP contribution in [0.4, 0.5) is 0 Å². The van der Waals surface area contributed by atoms with Crippen molar-refractivity contribution in [1.82, 2.24) is 14.4 Å². The Morgan fingerprint density at radius 3 is 2.64 bits per heavy atom. The monoisotopic (exact) mass is 345 g/mol. The van der Waals surface area contributed by atoms with Gasteiger partial charge in [0.1, 0.15) is 5.41 Å². The topological polar surface area (TPSA) is 82.9 Å². The van der Waals surface area contributed by atoms with Crippen LogP contribution < -0.4 is 0 Å². The van der Waals surface area contributed by atoms with E-state index in [1.54, 1.807) is 9.80 Å². The number of aryl methyl sites for hydroxylation is 1. The molecule has 3 aliphatic rings. The first-order valence-corrected chi connectivity index (χ1v) is 8.80. The fourth-order valence-electron chi connectivity index (χ4n) is 4.22. The van der Waals surface area contributed by atoms with E-state index < -0.39 is 17.3 Å². The Morgan fingerprint density at radius 2 is 2.08 bits per heavy atom. The minimum absolute atomic E-state index is 0.0932. The van der Waals surface area contributed by atoms with E-state index in [-0.39, 0.29) is 37.9 Å². The highest BCUT2D eigenvalue weighted by Crippen LogP contribution is 2.45. The van der Waals surface area contributed by atoms with Crippen molar-refractivity contribution in [3.63, 3.8) is 0 Å². The molecule has 3 heterocycles. The molecule has 25 heavy (non-hydrogen) atoms. The lowest BCUT2D eigenvalue weighted by molar-refractivity contribution is -0.150. The molecule has 1 aliphatic carbocycles. The Morgan fingerprint density at radius 1 is 1.32 bits per heavy atom. The Bertz CT molecular complexity index is 738. The van der Waals surface area contributed by atoms with Gasteiger partial charge in [0.05, 0.1) is 12.3 Å². The van der Waals surface area contributed by atoms with Gasteiger partial charge in [-0.25, -0.2) is 0 Å². The molecule has 0 aromatic carbocycles. The Hall–Kier alpha value is -2.31. The lowest BCUT2D eigenvalue weighted by Crippen LogP contribution is -2.42. The summed E-state index contributed by atoms with van der Waals surface area (Å²) in [6.45, 7) is 1.25. The number of carbonyl (C=O) groups is 3. The number of carboxylic acids is 1. The van der Waals surface area contributed by atoms with Crippen molar-refractivity contribution in [1.29, 1.82) is 0 Å². The minimum Gasteiger partial charge on any atom is -0.481 e. The minimum atomic E-state index is -1.14. The molecule has 0 spiro atoms. The van der Waals surface area contributed by atoms with Crippen LogP contribution in [-0.2, 0) is 27.9 Å². The van der Waals surface area contributed by atoms with E-state index in [2.05, 4.69) is 0 Å². The molecule has 1 N–H and O–H groups in total. The number of likely N-dealkylation sites (tertiary alicyclic amines) is 2. The summed E-state index contributed by atoms with van der Waals surface area (Å²) in [6.07, 6.45) is 6.24. The zero-order valence-electron chi connectivity index (χ0n) is 14.4. The zero-order valence-corrected chi connectivity index (χ0v) is 14.4. The third-order valence-electron chi connectivity index (χ3n) is 5.83. The summed E-state index contributed by atoms with van der Waals surface area (Å²) in [5.74, 6) is -1.24. The van der Waals surface area contributed by atoms with Crippen molar-refractivity contribution in [3.05, 3.63) is 24.0 Å². The van der Waals surface area contributed by atoms with E-state index in [1.165, 1.54) is 0 Å². The quantitative estimate of drug-likeness (QED) is 0.835. The summed E-state index contributed by atoms with van der Waals surface area (Å²) in [7, 11) is 1.89. The maximum atomic E-state index is 12.7. The number of hydrogen-bond acceptors (Lipinski definition) is 3. The number of nitrogens with zero attached hydrogens (tertiary/aromatic N) is 3. The van der Waals surface area contributed by atoms with Crippen LogP contribution >= 0.6 is 0 Å². The molecule has 2 aliphatic heterocycles. The van der Waals surface area contributed by atoms with E-state index in [9.17, 15) is 19.5 Å². The third kappa shape index (κ3) is 2.71. The second-order valence-electron chi connectivity index (χ2n) is 7.81. The van der Waals surface area contributed by atoms with Gasteiger partial charge in [-0.1, -0.05) is 0 Å². The molecule has 7 nitrogen and oxygen atoms in total. The van der Waals surface area contributed by atoms with E-state index in [0.29, 0.717) is 12.5 Å². The summed E-state index contributed by atoms with van der Waals surface area (Å²) in [4.78, 5) is 40.6. The van der Waals surface area contributed by atoms with Gasteiger partial charge in [0.2, 0.25) is 11.8 Å². The largest absolute Gasteiger partial charge is 0.481 e. The number of carbonyl (C=O) groups excluding carboxylic acids is 2. The first kappa shape index (κ1) is 16.2. The number of fused-ring (bicyclic) bond motifs is 1. The molecule has 2 amide bonds. The van der Waals surface area contributed by atoms with Crippen LogP contribution in [0.3, 0.4) is 0 Å². The molecule has 134 valence electrons. The molecule has 2 saturated heterocycles. The highest BCUT2D eigenvalue weighted by Gasteiger charge is 2.63. The first-order chi connectivity index (χ1) is 11.9. The molecule has 7 heteroatoms. The maximum absolute atomic E-state index is 12.7. The van der Waals surface area contributed by atoms with Crippen molar-refractivity contribution in [2.45, 2.75) is 19.3 Å². The van der Waals surface area contributed by atoms with Gasteiger partial charge >= 0.3 is 5.97 Å². The van der Waals surface area contributed by atoms with E-state index in [1.807, 2.05) is 30.1 Å². The van der Waals surface area contributed by atoms with E-state index in [4.69, 9.17) is 0 Å². The average molecular weight is 345 g/mol. The number of rotatable bonds is 5. The molecule has 0 radical (unpaired) electrons. The summed E-state index contributed by atoms with van der Waals surface area (Å²) < 4.78 is 1.87. The summed E-state index contributed by atoms with van der Waals surface area (Å²) in [5.41, 5.74) is -0.242. The molecule has 0 unspecified atom stereocenters. The lowest BCUT2D eigenvalue weighted by atomic mass is 9.81. The van der Waals surface area contributed by atoms with Crippen LogP contribution in [0.25, 0.3) is 0 Å². The van der Waals surface area contributed by atoms with Crippen LogP contribution in [0.2, 0.25) is 0 Å². The van der Waals surface area contributed by atoms with Gasteiger partial charge in [-0.3, -0.25) is 14.4 Å². The highest BCUT2D eigenvalue weighted by atomic mass is 16.4. The van der Waals surface area contributed by atoms with Crippen LogP contribution in [0.1, 0.15) is 18.4 Å². The summed E-state index contributed by atoms with van der Waals surface area (Å²) >= 11 is 0. The maximum Gasteiger partial charge on any atom is 0.314 e. The molecule has 3 fully saturated rings. The number of aromatic nitrogens is 1. The number of aliphatic carboxylic acids is 1. The molecule has 2 atom stereocenters. The SMILES string of the molecule is Cn1ccc(CC(=O)N2C[C@H]3C(=O)N(CC4CC4)C[C@@]3(C(=O)O)C2)c1. The Balaban J connectivity index is 1.49. The van der Waals surface area contributed by atoms with Gasteiger partial charge in [0.25, 0.3) is 0 Å². The average Bonchev–Trinajstić information content (AvgIpc) is 3.03. The fourth-order valence-corrected chi connectivity index (χ4v) is 4.22. The van der Waals surface area contributed by atoms with Crippen molar-refractivity contribution in [2.75, 3.05) is 26.2 Å². The number of hydrogen-bond donors (Lipinski definition) is 1. The van der Waals surface area contributed by atoms with E-state index in [0.717, 1.165) is 18.4 Å².